The van der Waals surface area contributed by atoms with Crippen molar-refractivity contribution >= 4 is 15.9 Å². The molecule has 1 amide bonds. The third kappa shape index (κ3) is 4.45. The fraction of sp³-hybridized carbons (Fsp3) is 0.444. The molecule has 0 aromatic carbocycles. The summed E-state index contributed by atoms with van der Waals surface area (Å²) in [5.41, 5.74) is 0. The first-order chi connectivity index (χ1) is 7.38. The van der Waals surface area contributed by atoms with Crippen LogP contribution in [0.25, 0.3) is 0 Å². The largest absolute Gasteiger partial charge is 0.467 e. The van der Waals surface area contributed by atoms with Crippen LogP contribution in [-0.4, -0.2) is 26.6 Å². The Morgan fingerprint density at radius 2 is 2.25 bits per heavy atom. The summed E-state index contributed by atoms with van der Waals surface area (Å²) in [4.78, 5) is 11.4. The van der Waals surface area contributed by atoms with E-state index in [0.29, 0.717) is 5.76 Å². The van der Waals surface area contributed by atoms with Crippen LogP contribution < -0.4 is 10.0 Å². The zero-order valence-corrected chi connectivity index (χ0v) is 9.87. The molecule has 0 saturated heterocycles. The summed E-state index contributed by atoms with van der Waals surface area (Å²) in [6.45, 7) is 1.71. The van der Waals surface area contributed by atoms with Crippen molar-refractivity contribution in [3.05, 3.63) is 24.2 Å². The lowest BCUT2D eigenvalue weighted by Gasteiger charge is -2.11. The van der Waals surface area contributed by atoms with E-state index >= 15 is 0 Å². The van der Waals surface area contributed by atoms with Crippen LogP contribution in [0.5, 0.6) is 0 Å². The standard InChI is InChI=1S/C9H14N2O4S/c1-7(11-16(2,13)14)9(12)10-6-8-4-3-5-15-8/h3-5,7,11H,6H2,1-2H3,(H,10,12)/t7-/m0/s1. The van der Waals surface area contributed by atoms with Crippen LogP contribution in [0.4, 0.5) is 0 Å². The lowest BCUT2D eigenvalue weighted by atomic mass is 10.3. The quantitative estimate of drug-likeness (QED) is 0.755. The van der Waals surface area contributed by atoms with Crippen LogP contribution in [0.1, 0.15) is 12.7 Å². The molecule has 0 fully saturated rings. The maximum absolute atomic E-state index is 11.4. The fourth-order valence-electron chi connectivity index (χ4n) is 1.12. The van der Waals surface area contributed by atoms with Gasteiger partial charge >= 0.3 is 0 Å². The van der Waals surface area contributed by atoms with Gasteiger partial charge in [-0.1, -0.05) is 0 Å². The molecule has 90 valence electrons. The van der Waals surface area contributed by atoms with E-state index < -0.39 is 22.0 Å². The minimum Gasteiger partial charge on any atom is -0.467 e. The van der Waals surface area contributed by atoms with Gasteiger partial charge in [0.1, 0.15) is 5.76 Å². The monoisotopic (exact) mass is 246 g/mol. The van der Waals surface area contributed by atoms with Crippen molar-refractivity contribution in [2.24, 2.45) is 0 Å². The number of nitrogens with one attached hydrogen (secondary N) is 2. The molecule has 1 aromatic heterocycles. The smallest absolute Gasteiger partial charge is 0.238 e. The molecule has 1 rings (SSSR count). The molecule has 1 heterocycles. The second kappa shape index (κ2) is 5.13. The van der Waals surface area contributed by atoms with Gasteiger partial charge in [-0.15, -0.1) is 0 Å². The highest BCUT2D eigenvalue weighted by molar-refractivity contribution is 7.88. The lowest BCUT2D eigenvalue weighted by molar-refractivity contribution is -0.122. The Labute approximate surface area is 94.1 Å². The van der Waals surface area contributed by atoms with Gasteiger partial charge in [0.25, 0.3) is 0 Å². The molecule has 0 aliphatic heterocycles. The van der Waals surface area contributed by atoms with E-state index in [0.717, 1.165) is 6.26 Å². The van der Waals surface area contributed by atoms with Crippen LogP contribution in [0.3, 0.4) is 0 Å². The minimum atomic E-state index is -3.37. The zero-order valence-electron chi connectivity index (χ0n) is 9.06. The summed E-state index contributed by atoms with van der Waals surface area (Å²) < 4.78 is 28.9. The van der Waals surface area contributed by atoms with Gasteiger partial charge in [-0.2, -0.15) is 0 Å². The summed E-state index contributed by atoms with van der Waals surface area (Å²) in [5.74, 6) is 0.210. The van der Waals surface area contributed by atoms with Crippen LogP contribution >= 0.6 is 0 Å². The highest BCUT2D eigenvalue weighted by Crippen LogP contribution is 1.98. The fourth-order valence-corrected chi connectivity index (χ4v) is 1.86. The van der Waals surface area contributed by atoms with E-state index in [2.05, 4.69) is 10.0 Å². The van der Waals surface area contributed by atoms with Crippen molar-refractivity contribution in [3.63, 3.8) is 0 Å². The molecular formula is C9H14N2O4S. The third-order valence-corrected chi connectivity index (χ3v) is 2.58. The first-order valence-electron chi connectivity index (χ1n) is 4.66. The molecular weight excluding hydrogens is 232 g/mol. The molecule has 7 heteroatoms. The van der Waals surface area contributed by atoms with E-state index in [9.17, 15) is 13.2 Å². The summed E-state index contributed by atoms with van der Waals surface area (Å²) in [5, 5.41) is 2.55. The second-order valence-electron chi connectivity index (χ2n) is 3.41. The number of hydrogen-bond acceptors (Lipinski definition) is 4. The van der Waals surface area contributed by atoms with Gasteiger partial charge < -0.3 is 9.73 Å². The Kier molecular flexibility index (Phi) is 4.08. The Morgan fingerprint density at radius 1 is 1.56 bits per heavy atom. The number of furan rings is 1. The molecule has 2 N–H and O–H groups in total. The molecule has 0 bridgehead atoms. The summed E-state index contributed by atoms with van der Waals surface area (Å²) in [6.07, 6.45) is 2.50. The molecule has 16 heavy (non-hydrogen) atoms. The van der Waals surface area contributed by atoms with Crippen molar-refractivity contribution in [3.8, 4) is 0 Å². The van der Waals surface area contributed by atoms with Crippen LogP contribution in [0, 0.1) is 0 Å². The van der Waals surface area contributed by atoms with E-state index in [-0.39, 0.29) is 6.54 Å². The number of hydrogen-bond donors (Lipinski definition) is 2. The minimum absolute atomic E-state index is 0.238. The molecule has 0 aliphatic carbocycles. The predicted molar refractivity (Wildman–Crippen MR) is 58.0 cm³/mol. The number of carbonyl (C=O) groups is 1. The lowest BCUT2D eigenvalue weighted by Crippen LogP contribution is -2.44. The zero-order chi connectivity index (χ0) is 12.2. The van der Waals surface area contributed by atoms with Crippen molar-refractivity contribution in [1.29, 1.82) is 0 Å². The predicted octanol–water partition coefficient (Wildman–Crippen LogP) is -0.166. The van der Waals surface area contributed by atoms with Gasteiger partial charge in [0.15, 0.2) is 0 Å². The first-order valence-corrected chi connectivity index (χ1v) is 6.55. The van der Waals surface area contributed by atoms with Crippen molar-refractivity contribution in [1.82, 2.24) is 10.0 Å². The van der Waals surface area contributed by atoms with Gasteiger partial charge in [-0.3, -0.25) is 4.79 Å². The highest BCUT2D eigenvalue weighted by Gasteiger charge is 2.16. The molecule has 6 nitrogen and oxygen atoms in total. The van der Waals surface area contributed by atoms with E-state index in [1.165, 1.54) is 13.2 Å². The van der Waals surface area contributed by atoms with Crippen molar-refractivity contribution in [2.45, 2.75) is 19.5 Å². The number of sulfonamides is 1. The van der Waals surface area contributed by atoms with E-state index in [1.807, 2.05) is 0 Å². The number of rotatable bonds is 5. The average molecular weight is 246 g/mol. The van der Waals surface area contributed by atoms with Gasteiger partial charge in [0.05, 0.1) is 25.1 Å². The van der Waals surface area contributed by atoms with Gasteiger partial charge in [0, 0.05) is 0 Å². The highest BCUT2D eigenvalue weighted by atomic mass is 32.2. The molecule has 0 spiro atoms. The topological polar surface area (TPSA) is 88.4 Å². The average Bonchev–Trinajstić information content (AvgIpc) is 2.63. The Hall–Kier alpha value is -1.34. The third-order valence-electron chi connectivity index (χ3n) is 1.80. The molecule has 0 radical (unpaired) electrons. The second-order valence-corrected chi connectivity index (χ2v) is 5.19. The molecule has 1 atom stereocenters. The van der Waals surface area contributed by atoms with E-state index in [4.69, 9.17) is 4.42 Å². The van der Waals surface area contributed by atoms with Crippen molar-refractivity contribution in [2.75, 3.05) is 6.26 Å². The normalized spacial score (nSPS) is 13.4. The number of amides is 1. The SMILES string of the molecule is C[C@H](NS(C)(=O)=O)C(=O)NCc1ccco1. The van der Waals surface area contributed by atoms with Crippen LogP contribution in [-0.2, 0) is 21.4 Å². The Balaban J connectivity index is 2.41. The van der Waals surface area contributed by atoms with Gasteiger partial charge in [-0.25, -0.2) is 13.1 Å². The first kappa shape index (κ1) is 12.7. The summed E-state index contributed by atoms with van der Waals surface area (Å²) >= 11 is 0. The van der Waals surface area contributed by atoms with Crippen LogP contribution in [0.2, 0.25) is 0 Å². The van der Waals surface area contributed by atoms with Gasteiger partial charge in [-0.05, 0) is 19.1 Å². The van der Waals surface area contributed by atoms with Crippen molar-refractivity contribution < 1.29 is 17.6 Å². The molecule has 1 aromatic rings. The Morgan fingerprint density at radius 3 is 2.75 bits per heavy atom. The van der Waals surface area contributed by atoms with Gasteiger partial charge in [0.2, 0.25) is 15.9 Å². The molecule has 0 unspecified atom stereocenters. The molecule has 0 aliphatic rings. The summed E-state index contributed by atoms with van der Waals surface area (Å²) in [7, 11) is -3.37. The Bertz CT molecular complexity index is 438. The van der Waals surface area contributed by atoms with E-state index in [1.54, 1.807) is 12.1 Å². The summed E-state index contributed by atoms with van der Waals surface area (Å²) in [6, 6.07) is 2.62. The molecule has 0 saturated carbocycles. The van der Waals surface area contributed by atoms with Crippen LogP contribution in [0.15, 0.2) is 22.8 Å². The number of carbonyl (C=O) groups excluding carboxylic acids is 1. The maximum atomic E-state index is 11.4. The maximum Gasteiger partial charge on any atom is 0.238 e.